The van der Waals surface area contributed by atoms with Crippen molar-refractivity contribution in [1.29, 1.82) is 0 Å². The predicted molar refractivity (Wildman–Crippen MR) is 61.4 cm³/mol. The van der Waals surface area contributed by atoms with Crippen molar-refractivity contribution in [2.24, 2.45) is 10.4 Å². The molecule has 0 atom stereocenters. The SMILES string of the molecule is CC(C)(C)Cc1ccc(CN=C=O)cc1. The molecular weight excluding hydrogens is 186 g/mol. The van der Waals surface area contributed by atoms with Gasteiger partial charge in [-0.1, -0.05) is 45.0 Å². The summed E-state index contributed by atoms with van der Waals surface area (Å²) in [4.78, 5) is 13.5. The molecule has 2 nitrogen and oxygen atoms in total. The molecule has 1 aromatic carbocycles. The van der Waals surface area contributed by atoms with Gasteiger partial charge in [-0.3, -0.25) is 0 Å². The number of carbonyl (C=O) groups excluding carboxylic acids is 1. The topological polar surface area (TPSA) is 29.4 Å². The Bertz CT molecular complexity index is 353. The van der Waals surface area contributed by atoms with E-state index in [1.165, 1.54) is 5.56 Å². The Morgan fingerprint density at radius 2 is 1.67 bits per heavy atom. The summed E-state index contributed by atoms with van der Waals surface area (Å²) in [5.41, 5.74) is 2.68. The molecule has 0 saturated carbocycles. The zero-order valence-corrected chi connectivity index (χ0v) is 9.58. The average Bonchev–Trinajstić information content (AvgIpc) is 2.14. The molecule has 1 aromatic rings. The average molecular weight is 203 g/mol. The Kier molecular flexibility index (Phi) is 3.81. The van der Waals surface area contributed by atoms with Crippen molar-refractivity contribution < 1.29 is 4.79 Å². The number of rotatable bonds is 3. The molecule has 80 valence electrons. The van der Waals surface area contributed by atoms with Gasteiger partial charge < -0.3 is 0 Å². The first-order chi connectivity index (χ1) is 7.01. The van der Waals surface area contributed by atoms with Crippen molar-refractivity contribution in [3.63, 3.8) is 0 Å². The van der Waals surface area contributed by atoms with E-state index in [2.05, 4.69) is 37.9 Å². The molecular formula is C13H17NO. The lowest BCUT2D eigenvalue weighted by atomic mass is 9.88. The van der Waals surface area contributed by atoms with E-state index in [-0.39, 0.29) is 0 Å². The molecule has 1 rings (SSSR count). The van der Waals surface area contributed by atoms with Crippen LogP contribution in [0.4, 0.5) is 0 Å². The molecule has 0 bridgehead atoms. The normalized spacial score (nSPS) is 10.9. The highest BCUT2D eigenvalue weighted by Gasteiger charge is 2.10. The van der Waals surface area contributed by atoms with Crippen LogP contribution >= 0.6 is 0 Å². The van der Waals surface area contributed by atoms with E-state index in [9.17, 15) is 4.79 Å². The molecule has 0 amide bonds. The van der Waals surface area contributed by atoms with Crippen LogP contribution in [0, 0.1) is 5.41 Å². The van der Waals surface area contributed by atoms with Crippen LogP contribution in [0.15, 0.2) is 29.3 Å². The van der Waals surface area contributed by atoms with E-state index in [0.717, 1.165) is 12.0 Å². The minimum absolute atomic E-state index is 0.308. The minimum Gasteiger partial charge on any atom is -0.211 e. The van der Waals surface area contributed by atoms with E-state index in [1.807, 2.05) is 12.1 Å². The molecule has 0 aromatic heterocycles. The second kappa shape index (κ2) is 4.90. The zero-order valence-electron chi connectivity index (χ0n) is 9.58. The third-order valence-electron chi connectivity index (χ3n) is 2.08. The molecule has 0 N–H and O–H groups in total. The molecule has 0 aliphatic rings. The number of nitrogens with zero attached hydrogens (tertiary/aromatic N) is 1. The molecule has 0 radical (unpaired) electrons. The third-order valence-corrected chi connectivity index (χ3v) is 2.08. The van der Waals surface area contributed by atoms with Crippen molar-refractivity contribution in [1.82, 2.24) is 0 Å². The maximum Gasteiger partial charge on any atom is 0.235 e. The number of hydrogen-bond acceptors (Lipinski definition) is 2. The van der Waals surface area contributed by atoms with Crippen molar-refractivity contribution in [3.05, 3.63) is 35.4 Å². The lowest BCUT2D eigenvalue weighted by Gasteiger charge is -2.18. The highest BCUT2D eigenvalue weighted by Crippen LogP contribution is 2.20. The molecule has 0 unspecified atom stereocenters. The first-order valence-corrected chi connectivity index (χ1v) is 5.13. The van der Waals surface area contributed by atoms with Crippen LogP contribution in [-0.4, -0.2) is 6.08 Å². The lowest BCUT2D eigenvalue weighted by molar-refractivity contribution is 0.411. The third kappa shape index (κ3) is 4.57. The molecule has 2 heteroatoms. The van der Waals surface area contributed by atoms with E-state index in [1.54, 1.807) is 6.08 Å². The van der Waals surface area contributed by atoms with Crippen LogP contribution in [0.2, 0.25) is 0 Å². The summed E-state index contributed by atoms with van der Waals surface area (Å²) in [5, 5.41) is 0. The minimum atomic E-state index is 0.308. The molecule has 0 aliphatic carbocycles. The maximum absolute atomic E-state index is 9.94. The van der Waals surface area contributed by atoms with E-state index in [0.29, 0.717) is 12.0 Å². The predicted octanol–water partition coefficient (Wildman–Crippen LogP) is 3.11. The summed E-state index contributed by atoms with van der Waals surface area (Å²) in [6, 6.07) is 8.23. The van der Waals surface area contributed by atoms with Gasteiger partial charge >= 0.3 is 0 Å². The van der Waals surface area contributed by atoms with Gasteiger partial charge in [-0.2, -0.15) is 0 Å². The van der Waals surface area contributed by atoms with Gasteiger partial charge in [0.25, 0.3) is 0 Å². The maximum atomic E-state index is 9.94. The quantitative estimate of drug-likeness (QED) is 0.548. The van der Waals surface area contributed by atoms with Crippen LogP contribution < -0.4 is 0 Å². The Morgan fingerprint density at radius 1 is 1.13 bits per heavy atom. The van der Waals surface area contributed by atoms with Gasteiger partial charge in [0.15, 0.2) is 0 Å². The van der Waals surface area contributed by atoms with Gasteiger partial charge in [0, 0.05) is 0 Å². The molecule has 15 heavy (non-hydrogen) atoms. The monoisotopic (exact) mass is 203 g/mol. The second-order valence-corrected chi connectivity index (χ2v) is 4.96. The Labute approximate surface area is 91.0 Å². The first-order valence-electron chi connectivity index (χ1n) is 5.13. The molecule has 0 saturated heterocycles. The van der Waals surface area contributed by atoms with Crippen LogP contribution in [0.5, 0.6) is 0 Å². The van der Waals surface area contributed by atoms with Gasteiger partial charge in [0.05, 0.1) is 6.54 Å². The summed E-state index contributed by atoms with van der Waals surface area (Å²) in [6.07, 6.45) is 2.60. The van der Waals surface area contributed by atoms with Gasteiger partial charge in [-0.05, 0) is 23.0 Å². The van der Waals surface area contributed by atoms with E-state index in [4.69, 9.17) is 0 Å². The molecule has 0 spiro atoms. The number of isocyanates is 1. The van der Waals surface area contributed by atoms with Crippen LogP contribution in [-0.2, 0) is 17.8 Å². The van der Waals surface area contributed by atoms with Crippen LogP contribution in [0.1, 0.15) is 31.9 Å². The Hall–Kier alpha value is -1.40. The van der Waals surface area contributed by atoms with E-state index < -0.39 is 0 Å². The summed E-state index contributed by atoms with van der Waals surface area (Å²) in [6.45, 7) is 7.09. The Balaban J connectivity index is 2.68. The smallest absolute Gasteiger partial charge is 0.211 e. The number of hydrogen-bond donors (Lipinski definition) is 0. The van der Waals surface area contributed by atoms with Gasteiger partial charge in [-0.15, -0.1) is 0 Å². The summed E-state index contributed by atoms with van der Waals surface area (Å²) < 4.78 is 0. The fraction of sp³-hybridized carbons (Fsp3) is 0.462. The standard InChI is InChI=1S/C13H17NO/c1-13(2,3)8-11-4-6-12(7-5-11)9-14-10-15/h4-7H,8-9H2,1-3H3. The summed E-state index contributed by atoms with van der Waals surface area (Å²) in [5.74, 6) is 0. The lowest BCUT2D eigenvalue weighted by Crippen LogP contribution is -2.08. The fourth-order valence-electron chi connectivity index (χ4n) is 1.50. The molecule has 0 fully saturated rings. The van der Waals surface area contributed by atoms with Crippen LogP contribution in [0.3, 0.4) is 0 Å². The van der Waals surface area contributed by atoms with Crippen molar-refractivity contribution in [2.75, 3.05) is 0 Å². The van der Waals surface area contributed by atoms with Crippen LogP contribution in [0.25, 0.3) is 0 Å². The van der Waals surface area contributed by atoms with Gasteiger partial charge in [-0.25, -0.2) is 9.79 Å². The van der Waals surface area contributed by atoms with Crippen molar-refractivity contribution in [2.45, 2.75) is 33.7 Å². The molecule has 0 heterocycles. The van der Waals surface area contributed by atoms with E-state index >= 15 is 0 Å². The largest absolute Gasteiger partial charge is 0.235 e. The summed E-state index contributed by atoms with van der Waals surface area (Å²) in [7, 11) is 0. The van der Waals surface area contributed by atoms with Gasteiger partial charge in [0.2, 0.25) is 6.08 Å². The number of benzene rings is 1. The van der Waals surface area contributed by atoms with Crippen molar-refractivity contribution in [3.8, 4) is 0 Å². The first kappa shape index (κ1) is 11.7. The highest BCUT2D eigenvalue weighted by atomic mass is 16.1. The van der Waals surface area contributed by atoms with Crippen molar-refractivity contribution >= 4 is 6.08 Å². The summed E-state index contributed by atoms with van der Waals surface area (Å²) >= 11 is 0. The van der Waals surface area contributed by atoms with Gasteiger partial charge in [0.1, 0.15) is 0 Å². The zero-order chi connectivity index (χ0) is 11.3. The Morgan fingerprint density at radius 3 is 2.13 bits per heavy atom. The fourth-order valence-corrected chi connectivity index (χ4v) is 1.50. The second-order valence-electron chi connectivity index (χ2n) is 4.96. The highest BCUT2D eigenvalue weighted by molar-refractivity contribution is 5.34. The molecule has 0 aliphatic heterocycles. The number of aliphatic imine (C=N–C) groups is 1.